The van der Waals surface area contributed by atoms with E-state index in [1.165, 1.54) is 0 Å². The Morgan fingerprint density at radius 1 is 0.962 bits per heavy atom. The molecule has 0 aliphatic rings. The van der Waals surface area contributed by atoms with Crippen LogP contribution in [0.15, 0.2) is 48.5 Å². The number of benzene rings is 2. The number of nitrogens with zero attached hydrogens (tertiary/aromatic N) is 1. The van der Waals surface area contributed by atoms with E-state index in [9.17, 15) is 4.79 Å². The van der Waals surface area contributed by atoms with E-state index in [0.29, 0.717) is 11.5 Å². The third-order valence-corrected chi connectivity index (χ3v) is 3.87. The number of aryl methyl sites for hydroxylation is 1. The van der Waals surface area contributed by atoms with Gasteiger partial charge >= 0.3 is 6.03 Å². The maximum Gasteiger partial charge on any atom is 0.337 e. The van der Waals surface area contributed by atoms with Crippen molar-refractivity contribution in [1.29, 1.82) is 0 Å². The van der Waals surface area contributed by atoms with Crippen LogP contribution in [0.5, 0.6) is 11.5 Å². The quantitative estimate of drug-likeness (QED) is 0.610. The first-order chi connectivity index (χ1) is 12.6. The Morgan fingerprint density at radius 2 is 1.65 bits per heavy atom. The van der Waals surface area contributed by atoms with Gasteiger partial charge in [-0.3, -0.25) is 10.9 Å². The zero-order valence-electron chi connectivity index (χ0n) is 14.8. The summed E-state index contributed by atoms with van der Waals surface area (Å²) in [7, 11) is 3.22. The molecule has 0 radical (unpaired) electrons. The van der Waals surface area contributed by atoms with Crippen molar-refractivity contribution in [3.8, 4) is 11.5 Å². The van der Waals surface area contributed by atoms with Crippen LogP contribution in [-0.2, 0) is 0 Å². The molecule has 26 heavy (non-hydrogen) atoms. The molecule has 7 heteroatoms. The fraction of sp³-hybridized carbons (Fsp3) is 0.158. The zero-order chi connectivity index (χ0) is 18.5. The second-order valence-electron chi connectivity index (χ2n) is 5.64. The molecule has 1 aromatic heterocycles. The summed E-state index contributed by atoms with van der Waals surface area (Å²) in [5.74, 6) is 2.05. The molecule has 0 spiro atoms. The molecule has 0 bridgehead atoms. The molecule has 2 aromatic carbocycles. The van der Waals surface area contributed by atoms with Crippen molar-refractivity contribution in [1.82, 2.24) is 10.4 Å². The van der Waals surface area contributed by atoms with Crippen molar-refractivity contribution in [2.24, 2.45) is 0 Å². The number of nitrogens with one attached hydrogen (secondary N) is 3. The third-order valence-electron chi connectivity index (χ3n) is 3.87. The first-order valence-electron chi connectivity index (χ1n) is 8.01. The van der Waals surface area contributed by atoms with Crippen LogP contribution < -0.4 is 25.6 Å². The summed E-state index contributed by atoms with van der Waals surface area (Å²) < 4.78 is 10.3. The molecule has 0 aliphatic heterocycles. The van der Waals surface area contributed by atoms with Crippen LogP contribution in [0.2, 0.25) is 0 Å². The Balaban J connectivity index is 1.65. The Kier molecular flexibility index (Phi) is 5.07. The first kappa shape index (κ1) is 17.3. The predicted molar refractivity (Wildman–Crippen MR) is 102 cm³/mol. The summed E-state index contributed by atoms with van der Waals surface area (Å²) in [5.41, 5.74) is 7.88. The fourth-order valence-electron chi connectivity index (χ4n) is 2.52. The number of fused-ring (bicyclic) bond motifs is 1. The van der Waals surface area contributed by atoms with Gasteiger partial charge in [-0.2, -0.15) is 0 Å². The molecule has 0 aliphatic carbocycles. The maximum absolute atomic E-state index is 12.0. The van der Waals surface area contributed by atoms with Gasteiger partial charge in [-0.1, -0.05) is 0 Å². The smallest absolute Gasteiger partial charge is 0.337 e. The summed E-state index contributed by atoms with van der Waals surface area (Å²) in [6, 6.07) is 14.2. The zero-order valence-corrected chi connectivity index (χ0v) is 14.8. The SMILES string of the molecule is COc1ccc(NC(=O)NNc2cc(C)c3cc(OC)ccc3n2)cc1. The van der Waals surface area contributed by atoms with Gasteiger partial charge in [0, 0.05) is 11.1 Å². The van der Waals surface area contributed by atoms with E-state index in [1.54, 1.807) is 38.5 Å². The van der Waals surface area contributed by atoms with Gasteiger partial charge in [-0.05, 0) is 61.0 Å². The molecule has 3 N–H and O–H groups in total. The molecule has 3 aromatic rings. The first-order valence-corrected chi connectivity index (χ1v) is 8.01. The number of hydrazine groups is 1. The lowest BCUT2D eigenvalue weighted by Crippen LogP contribution is -2.33. The largest absolute Gasteiger partial charge is 0.497 e. The second kappa shape index (κ2) is 7.60. The minimum atomic E-state index is -0.399. The number of aromatic nitrogens is 1. The fourth-order valence-corrected chi connectivity index (χ4v) is 2.52. The molecule has 134 valence electrons. The number of amides is 2. The molecular formula is C19H20N4O3. The highest BCUT2D eigenvalue weighted by atomic mass is 16.5. The normalized spacial score (nSPS) is 10.3. The van der Waals surface area contributed by atoms with E-state index in [1.807, 2.05) is 31.2 Å². The summed E-state index contributed by atoms with van der Waals surface area (Å²) in [4.78, 5) is 16.5. The average molecular weight is 352 g/mol. The lowest BCUT2D eigenvalue weighted by molar-refractivity contribution is 0.254. The van der Waals surface area contributed by atoms with Gasteiger partial charge in [0.15, 0.2) is 0 Å². The van der Waals surface area contributed by atoms with Gasteiger partial charge in [0.05, 0.1) is 19.7 Å². The molecule has 7 nitrogen and oxygen atoms in total. The van der Waals surface area contributed by atoms with E-state index in [0.717, 1.165) is 28.0 Å². The second-order valence-corrected chi connectivity index (χ2v) is 5.64. The van der Waals surface area contributed by atoms with Crippen molar-refractivity contribution >= 4 is 28.4 Å². The van der Waals surface area contributed by atoms with E-state index in [4.69, 9.17) is 9.47 Å². The van der Waals surface area contributed by atoms with E-state index in [2.05, 4.69) is 21.2 Å². The number of pyridine rings is 1. The number of ether oxygens (including phenoxy) is 2. The highest BCUT2D eigenvalue weighted by molar-refractivity contribution is 5.90. The standard InChI is InChI=1S/C19H20N4O3/c1-12-10-18(21-17-9-8-15(26-3)11-16(12)17)22-23-19(24)20-13-4-6-14(25-2)7-5-13/h4-11H,1-3H3,(H,21,22)(H2,20,23,24). The number of hydrogen-bond donors (Lipinski definition) is 3. The highest BCUT2D eigenvalue weighted by Gasteiger charge is 2.06. The van der Waals surface area contributed by atoms with E-state index < -0.39 is 6.03 Å². The summed E-state index contributed by atoms with van der Waals surface area (Å²) in [6.45, 7) is 1.98. The van der Waals surface area contributed by atoms with Gasteiger partial charge in [-0.15, -0.1) is 0 Å². The predicted octanol–water partition coefficient (Wildman–Crippen LogP) is 3.71. The number of methoxy groups -OCH3 is 2. The molecule has 0 saturated heterocycles. The minimum absolute atomic E-state index is 0.399. The Morgan fingerprint density at radius 3 is 2.35 bits per heavy atom. The monoisotopic (exact) mass is 352 g/mol. The Hall–Kier alpha value is -3.48. The van der Waals surface area contributed by atoms with Crippen LogP contribution in [-0.4, -0.2) is 25.2 Å². The average Bonchev–Trinajstić information content (AvgIpc) is 2.67. The van der Waals surface area contributed by atoms with Crippen molar-refractivity contribution in [3.63, 3.8) is 0 Å². The topological polar surface area (TPSA) is 84.5 Å². The van der Waals surface area contributed by atoms with Gasteiger partial charge in [0.2, 0.25) is 0 Å². The van der Waals surface area contributed by atoms with Crippen LogP contribution in [0.1, 0.15) is 5.56 Å². The van der Waals surface area contributed by atoms with Gasteiger partial charge in [-0.25, -0.2) is 9.78 Å². The Labute approximate surface area is 151 Å². The van der Waals surface area contributed by atoms with Gasteiger partial charge in [0.1, 0.15) is 17.3 Å². The van der Waals surface area contributed by atoms with Crippen molar-refractivity contribution in [3.05, 3.63) is 54.1 Å². The summed E-state index contributed by atoms with van der Waals surface area (Å²) >= 11 is 0. The van der Waals surface area contributed by atoms with Crippen LogP contribution in [0.3, 0.4) is 0 Å². The van der Waals surface area contributed by atoms with Crippen molar-refractivity contribution < 1.29 is 14.3 Å². The minimum Gasteiger partial charge on any atom is -0.497 e. The lowest BCUT2D eigenvalue weighted by Gasteiger charge is -2.12. The molecule has 2 amide bonds. The molecule has 0 fully saturated rings. The third kappa shape index (κ3) is 3.94. The molecule has 1 heterocycles. The molecular weight excluding hydrogens is 332 g/mol. The number of rotatable bonds is 5. The number of carbonyl (C=O) groups excluding carboxylic acids is 1. The number of hydrogen-bond acceptors (Lipinski definition) is 5. The van der Waals surface area contributed by atoms with Crippen molar-refractivity contribution in [2.45, 2.75) is 6.92 Å². The van der Waals surface area contributed by atoms with Crippen LogP contribution in [0, 0.1) is 6.92 Å². The van der Waals surface area contributed by atoms with E-state index >= 15 is 0 Å². The highest BCUT2D eigenvalue weighted by Crippen LogP contribution is 2.24. The van der Waals surface area contributed by atoms with Crippen molar-refractivity contribution in [2.75, 3.05) is 25.0 Å². The number of anilines is 2. The maximum atomic E-state index is 12.0. The lowest BCUT2D eigenvalue weighted by atomic mass is 10.1. The summed E-state index contributed by atoms with van der Waals surface area (Å²) in [6.07, 6.45) is 0. The Bertz CT molecular complexity index is 926. The number of carbonyl (C=O) groups is 1. The molecule has 0 atom stereocenters. The summed E-state index contributed by atoms with van der Waals surface area (Å²) in [5, 5.41) is 3.72. The molecule has 0 saturated carbocycles. The van der Waals surface area contributed by atoms with Gasteiger partial charge in [0.25, 0.3) is 0 Å². The van der Waals surface area contributed by atoms with Crippen LogP contribution >= 0.6 is 0 Å². The number of urea groups is 1. The van der Waals surface area contributed by atoms with Crippen LogP contribution in [0.4, 0.5) is 16.3 Å². The molecule has 0 unspecified atom stereocenters. The molecule has 3 rings (SSSR count). The van der Waals surface area contributed by atoms with E-state index in [-0.39, 0.29) is 0 Å². The van der Waals surface area contributed by atoms with Gasteiger partial charge < -0.3 is 14.8 Å². The van der Waals surface area contributed by atoms with Crippen LogP contribution in [0.25, 0.3) is 10.9 Å².